The number of carbonyl (C=O) groups excluding carboxylic acids is 1. The highest BCUT2D eigenvalue weighted by Gasteiger charge is 2.37. The second-order valence-electron chi connectivity index (χ2n) is 4.47. The van der Waals surface area contributed by atoms with E-state index in [-0.39, 0.29) is 24.7 Å². The minimum Gasteiger partial charge on any atom is -0.466 e. The van der Waals surface area contributed by atoms with Crippen molar-refractivity contribution in [3.63, 3.8) is 0 Å². The Morgan fingerprint density at radius 1 is 1.44 bits per heavy atom. The number of hydrogen-bond donors (Lipinski definition) is 0. The summed E-state index contributed by atoms with van der Waals surface area (Å²) in [4.78, 5) is 11.4. The molecular formula is C12H20F2O2. The second kappa shape index (κ2) is 6.16. The van der Waals surface area contributed by atoms with E-state index in [0.717, 1.165) is 0 Å². The largest absolute Gasteiger partial charge is 0.466 e. The molecule has 4 heteroatoms. The van der Waals surface area contributed by atoms with Crippen LogP contribution in [0, 0.1) is 5.92 Å². The summed E-state index contributed by atoms with van der Waals surface area (Å²) in [6, 6.07) is 0. The van der Waals surface area contributed by atoms with Gasteiger partial charge >= 0.3 is 5.97 Å². The van der Waals surface area contributed by atoms with Crippen molar-refractivity contribution in [2.24, 2.45) is 5.92 Å². The summed E-state index contributed by atoms with van der Waals surface area (Å²) < 4.78 is 31.0. The van der Waals surface area contributed by atoms with Crippen molar-refractivity contribution in [3.05, 3.63) is 0 Å². The van der Waals surface area contributed by atoms with Crippen LogP contribution in [0.15, 0.2) is 0 Å². The van der Waals surface area contributed by atoms with Crippen molar-refractivity contribution in [1.82, 2.24) is 0 Å². The molecule has 1 aliphatic carbocycles. The Kier molecular flexibility index (Phi) is 5.16. The van der Waals surface area contributed by atoms with Gasteiger partial charge in [-0.05, 0) is 45.4 Å². The molecular weight excluding hydrogens is 214 g/mol. The van der Waals surface area contributed by atoms with Crippen molar-refractivity contribution in [3.8, 4) is 0 Å². The van der Waals surface area contributed by atoms with Gasteiger partial charge < -0.3 is 4.74 Å². The maximum Gasteiger partial charge on any atom is 0.308 e. The molecule has 0 aromatic carbocycles. The molecule has 0 bridgehead atoms. The molecule has 0 radical (unpaired) electrons. The normalized spacial score (nSPS) is 30.1. The van der Waals surface area contributed by atoms with Crippen LogP contribution in [-0.4, -0.2) is 24.9 Å². The Balaban J connectivity index is 2.35. The van der Waals surface area contributed by atoms with E-state index in [0.29, 0.717) is 32.3 Å². The van der Waals surface area contributed by atoms with Crippen LogP contribution in [0.25, 0.3) is 0 Å². The lowest BCUT2D eigenvalue weighted by Crippen LogP contribution is -2.33. The predicted molar refractivity (Wildman–Crippen MR) is 57.6 cm³/mol. The fraction of sp³-hybridized carbons (Fsp3) is 0.917. The molecule has 0 aliphatic heterocycles. The van der Waals surface area contributed by atoms with Gasteiger partial charge in [0.1, 0.15) is 5.67 Å². The first-order valence-electron chi connectivity index (χ1n) is 6.03. The molecule has 0 amide bonds. The summed E-state index contributed by atoms with van der Waals surface area (Å²) in [5, 5.41) is 0. The number of esters is 1. The van der Waals surface area contributed by atoms with Gasteiger partial charge in [0.2, 0.25) is 0 Å². The molecule has 0 atom stereocenters. The lowest BCUT2D eigenvalue weighted by Gasteiger charge is -2.32. The fourth-order valence-corrected chi connectivity index (χ4v) is 2.26. The van der Waals surface area contributed by atoms with Gasteiger partial charge in [-0.2, -0.15) is 0 Å². The predicted octanol–water partition coefficient (Wildman–Crippen LogP) is 3.20. The van der Waals surface area contributed by atoms with Crippen LogP contribution >= 0.6 is 0 Å². The summed E-state index contributed by atoms with van der Waals surface area (Å²) in [6.45, 7) is 1.67. The molecule has 0 N–H and O–H groups in total. The Hall–Kier alpha value is -0.670. The molecule has 0 aromatic heterocycles. The first-order chi connectivity index (χ1) is 7.61. The minimum absolute atomic E-state index is 0.158. The second-order valence-corrected chi connectivity index (χ2v) is 4.47. The molecule has 0 unspecified atom stereocenters. The third-order valence-corrected chi connectivity index (χ3v) is 3.26. The topological polar surface area (TPSA) is 26.3 Å². The van der Waals surface area contributed by atoms with Gasteiger partial charge in [-0.1, -0.05) is 0 Å². The molecule has 0 spiro atoms. The number of halogens is 2. The molecule has 1 rings (SSSR count). The third kappa shape index (κ3) is 3.72. The first kappa shape index (κ1) is 13.4. The summed E-state index contributed by atoms with van der Waals surface area (Å²) in [5.74, 6) is -0.371. The molecule has 16 heavy (non-hydrogen) atoms. The highest BCUT2D eigenvalue weighted by atomic mass is 19.1. The molecule has 0 saturated heterocycles. The third-order valence-electron chi connectivity index (χ3n) is 3.26. The standard InChI is InChI=1S/C12H20F2O2/c1-2-16-11(15)10-4-7-12(14,8-5-10)6-3-9-13/h10H,2-9H2,1H3. The summed E-state index contributed by atoms with van der Waals surface area (Å²) in [7, 11) is 0. The number of hydrogen-bond acceptors (Lipinski definition) is 2. The van der Waals surface area contributed by atoms with Crippen molar-refractivity contribution >= 4 is 5.97 Å². The zero-order valence-corrected chi connectivity index (χ0v) is 9.81. The van der Waals surface area contributed by atoms with Gasteiger partial charge in [-0.15, -0.1) is 0 Å². The van der Waals surface area contributed by atoms with Crippen LogP contribution in [0.3, 0.4) is 0 Å². The average molecular weight is 234 g/mol. The van der Waals surface area contributed by atoms with E-state index in [9.17, 15) is 13.6 Å². The number of carbonyl (C=O) groups is 1. The van der Waals surface area contributed by atoms with Gasteiger partial charge in [0.15, 0.2) is 0 Å². The molecule has 2 nitrogen and oxygen atoms in total. The zero-order chi connectivity index (χ0) is 12.0. The Labute approximate surface area is 95.4 Å². The monoisotopic (exact) mass is 234 g/mol. The summed E-state index contributed by atoms with van der Waals surface area (Å²) in [6.07, 6.45) is 2.33. The average Bonchev–Trinajstić information content (AvgIpc) is 2.28. The van der Waals surface area contributed by atoms with Crippen LogP contribution in [-0.2, 0) is 9.53 Å². The van der Waals surface area contributed by atoms with Crippen LogP contribution in [0.1, 0.15) is 45.4 Å². The Bertz CT molecular complexity index is 223. The quantitative estimate of drug-likeness (QED) is 0.683. The highest BCUT2D eigenvalue weighted by molar-refractivity contribution is 5.72. The van der Waals surface area contributed by atoms with E-state index in [1.54, 1.807) is 6.92 Å². The fourth-order valence-electron chi connectivity index (χ4n) is 2.26. The SMILES string of the molecule is CCOC(=O)C1CCC(F)(CCCF)CC1. The molecule has 94 valence electrons. The number of rotatable bonds is 5. The van der Waals surface area contributed by atoms with Gasteiger partial charge in [0.05, 0.1) is 19.2 Å². The van der Waals surface area contributed by atoms with Gasteiger partial charge in [-0.25, -0.2) is 4.39 Å². The van der Waals surface area contributed by atoms with Crippen molar-refractivity contribution in [2.75, 3.05) is 13.3 Å². The van der Waals surface area contributed by atoms with Gasteiger partial charge in [0, 0.05) is 0 Å². The molecule has 1 fully saturated rings. The van der Waals surface area contributed by atoms with E-state index >= 15 is 0 Å². The smallest absolute Gasteiger partial charge is 0.308 e. The lowest BCUT2D eigenvalue weighted by molar-refractivity contribution is -0.150. The van der Waals surface area contributed by atoms with Crippen molar-refractivity contribution in [2.45, 2.75) is 51.1 Å². The molecule has 1 saturated carbocycles. The van der Waals surface area contributed by atoms with Crippen LogP contribution in [0.5, 0.6) is 0 Å². The van der Waals surface area contributed by atoms with Gasteiger partial charge in [-0.3, -0.25) is 9.18 Å². The van der Waals surface area contributed by atoms with E-state index in [4.69, 9.17) is 4.74 Å². The first-order valence-corrected chi connectivity index (χ1v) is 6.03. The number of alkyl halides is 2. The van der Waals surface area contributed by atoms with E-state index in [1.807, 2.05) is 0 Å². The van der Waals surface area contributed by atoms with Crippen LogP contribution < -0.4 is 0 Å². The number of ether oxygens (including phenoxy) is 1. The van der Waals surface area contributed by atoms with E-state index in [1.165, 1.54) is 0 Å². The van der Waals surface area contributed by atoms with Crippen LogP contribution in [0.2, 0.25) is 0 Å². The summed E-state index contributed by atoms with van der Waals surface area (Å²) in [5.41, 5.74) is -1.25. The van der Waals surface area contributed by atoms with E-state index < -0.39 is 12.3 Å². The maximum absolute atomic E-state index is 14.1. The Morgan fingerprint density at radius 3 is 2.56 bits per heavy atom. The van der Waals surface area contributed by atoms with Gasteiger partial charge in [0.25, 0.3) is 0 Å². The molecule has 1 aliphatic rings. The van der Waals surface area contributed by atoms with Crippen molar-refractivity contribution < 1.29 is 18.3 Å². The van der Waals surface area contributed by atoms with E-state index in [2.05, 4.69) is 0 Å². The van der Waals surface area contributed by atoms with Crippen molar-refractivity contribution in [1.29, 1.82) is 0 Å². The van der Waals surface area contributed by atoms with Crippen LogP contribution in [0.4, 0.5) is 8.78 Å². The molecule has 0 heterocycles. The lowest BCUT2D eigenvalue weighted by atomic mass is 9.78. The highest BCUT2D eigenvalue weighted by Crippen LogP contribution is 2.38. The zero-order valence-electron chi connectivity index (χ0n) is 9.81. The molecule has 0 aromatic rings. The maximum atomic E-state index is 14.1. The minimum atomic E-state index is -1.25. The summed E-state index contributed by atoms with van der Waals surface area (Å²) >= 11 is 0. The Morgan fingerprint density at radius 2 is 2.06 bits per heavy atom.